The van der Waals surface area contributed by atoms with Crippen LogP contribution in [0.1, 0.15) is 44.8 Å². The van der Waals surface area contributed by atoms with E-state index in [9.17, 15) is 9.59 Å². The van der Waals surface area contributed by atoms with Crippen molar-refractivity contribution in [3.63, 3.8) is 0 Å². The molecule has 0 spiro atoms. The summed E-state index contributed by atoms with van der Waals surface area (Å²) in [5.74, 6) is 1.53. The molecule has 1 aliphatic rings. The number of benzene rings is 2. The highest BCUT2D eigenvalue weighted by atomic mass is 32.1. The van der Waals surface area contributed by atoms with Gasteiger partial charge in [-0.15, -0.1) is 11.3 Å². The van der Waals surface area contributed by atoms with Crippen molar-refractivity contribution in [2.45, 2.75) is 33.7 Å². The van der Waals surface area contributed by atoms with Crippen LogP contribution in [0.2, 0.25) is 0 Å². The fraction of sp³-hybridized carbons (Fsp3) is 0.269. The minimum atomic E-state index is -0.496. The van der Waals surface area contributed by atoms with E-state index in [-0.39, 0.29) is 12.5 Å². The zero-order chi connectivity index (χ0) is 25.8. The van der Waals surface area contributed by atoms with Gasteiger partial charge >= 0.3 is 6.09 Å². The van der Waals surface area contributed by atoms with Crippen molar-refractivity contribution >= 4 is 34.7 Å². The van der Waals surface area contributed by atoms with Gasteiger partial charge in [0.05, 0.1) is 31.5 Å². The van der Waals surface area contributed by atoms with Gasteiger partial charge in [-0.1, -0.05) is 19.1 Å². The number of hydrogen-bond donors (Lipinski definition) is 2. The first kappa shape index (κ1) is 25.1. The van der Waals surface area contributed by atoms with Gasteiger partial charge in [-0.05, 0) is 49.7 Å². The molecule has 1 aliphatic heterocycles. The molecule has 0 bridgehead atoms. The summed E-state index contributed by atoms with van der Waals surface area (Å²) >= 11 is 1.36. The van der Waals surface area contributed by atoms with Crippen LogP contribution in [0.25, 0.3) is 5.70 Å². The normalized spacial score (nSPS) is 13.2. The van der Waals surface area contributed by atoms with Crippen molar-refractivity contribution in [3.05, 3.63) is 74.9 Å². The van der Waals surface area contributed by atoms with E-state index in [1.807, 2.05) is 45.0 Å². The van der Waals surface area contributed by atoms with E-state index in [1.165, 1.54) is 16.3 Å². The number of thiazole rings is 1. The van der Waals surface area contributed by atoms with E-state index in [1.54, 1.807) is 32.4 Å². The molecular weight excluding hydrogens is 480 g/mol. The Labute approximate surface area is 213 Å². The second-order valence-electron chi connectivity index (χ2n) is 8.09. The van der Waals surface area contributed by atoms with Crippen LogP contribution in [0.15, 0.2) is 48.2 Å². The number of methoxy groups -OCH3 is 2. The molecule has 2 amide bonds. The molecule has 2 aromatic carbocycles. The number of ether oxygens (including phenoxy) is 3. The van der Waals surface area contributed by atoms with Crippen molar-refractivity contribution in [1.82, 2.24) is 15.4 Å². The minimum Gasteiger partial charge on any atom is -0.493 e. The molecule has 36 heavy (non-hydrogen) atoms. The van der Waals surface area contributed by atoms with Crippen molar-refractivity contribution < 1.29 is 23.8 Å². The van der Waals surface area contributed by atoms with Gasteiger partial charge < -0.3 is 19.5 Å². The van der Waals surface area contributed by atoms with Crippen molar-refractivity contribution in [2.75, 3.05) is 19.5 Å². The molecule has 0 radical (unpaired) electrons. The Balaban J connectivity index is 1.48. The lowest BCUT2D eigenvalue weighted by molar-refractivity contribution is 0.0980. The first-order valence-electron chi connectivity index (χ1n) is 11.4. The summed E-state index contributed by atoms with van der Waals surface area (Å²) < 4.78 is 16.4. The Morgan fingerprint density at radius 3 is 2.44 bits per heavy atom. The number of aryl methyl sites for hydroxylation is 2. The molecule has 4 rings (SSSR count). The fourth-order valence-electron chi connectivity index (χ4n) is 3.83. The van der Waals surface area contributed by atoms with E-state index >= 15 is 0 Å². The zero-order valence-electron chi connectivity index (χ0n) is 20.8. The van der Waals surface area contributed by atoms with E-state index in [4.69, 9.17) is 14.2 Å². The largest absolute Gasteiger partial charge is 0.493 e. The van der Waals surface area contributed by atoms with E-state index < -0.39 is 6.09 Å². The van der Waals surface area contributed by atoms with Gasteiger partial charge in [0.25, 0.3) is 5.91 Å². The lowest BCUT2D eigenvalue weighted by atomic mass is 10.1. The van der Waals surface area contributed by atoms with Gasteiger partial charge in [-0.3, -0.25) is 10.2 Å². The van der Waals surface area contributed by atoms with Crippen molar-refractivity contribution in [1.29, 1.82) is 0 Å². The van der Waals surface area contributed by atoms with Gasteiger partial charge in [0, 0.05) is 17.7 Å². The van der Waals surface area contributed by atoms with Crippen molar-refractivity contribution in [2.24, 2.45) is 0 Å². The maximum absolute atomic E-state index is 12.7. The van der Waals surface area contributed by atoms with E-state index in [0.29, 0.717) is 45.6 Å². The third kappa shape index (κ3) is 5.28. The molecule has 1 aromatic heterocycles. The summed E-state index contributed by atoms with van der Waals surface area (Å²) in [7, 11) is 3.15. The average molecular weight is 509 g/mol. The first-order chi connectivity index (χ1) is 17.3. The van der Waals surface area contributed by atoms with Crippen molar-refractivity contribution in [3.8, 4) is 11.5 Å². The molecule has 2 N–H and O–H groups in total. The molecule has 0 aliphatic carbocycles. The molecule has 2 heterocycles. The molecule has 0 saturated heterocycles. The van der Waals surface area contributed by atoms with Gasteiger partial charge in [0.2, 0.25) is 0 Å². The highest BCUT2D eigenvalue weighted by Crippen LogP contribution is 2.33. The third-order valence-corrected chi connectivity index (χ3v) is 6.68. The summed E-state index contributed by atoms with van der Waals surface area (Å²) in [4.78, 5) is 30.1. The number of nitrogens with one attached hydrogen (secondary N) is 2. The average Bonchev–Trinajstić information content (AvgIpc) is 3.23. The second-order valence-corrected chi connectivity index (χ2v) is 9.29. The quantitative estimate of drug-likeness (QED) is 0.428. The number of cyclic esters (lactones) is 1. The highest BCUT2D eigenvalue weighted by Gasteiger charge is 2.27. The van der Waals surface area contributed by atoms with Gasteiger partial charge in [0.1, 0.15) is 16.3 Å². The zero-order valence-corrected chi connectivity index (χ0v) is 21.6. The number of carbonyl (C=O) groups excluding carboxylic acids is 2. The van der Waals surface area contributed by atoms with Crippen LogP contribution in [0, 0.1) is 13.8 Å². The molecule has 0 saturated carbocycles. The number of anilines is 1. The standard InChI is InChI=1S/C26H28N4O5S/c1-6-20-23(18-9-12-21(33-4)22(13-18)34-5)29-30(26(32)35-20)14-17-7-10-19(11-8-17)28-25(31)24-15(2)27-16(3)36-24/h7-13,29H,6,14H2,1-5H3,(H,28,31). The van der Waals surface area contributed by atoms with Crippen LogP contribution >= 0.6 is 11.3 Å². The number of carbonyl (C=O) groups is 2. The summed E-state index contributed by atoms with van der Waals surface area (Å²) in [6.45, 7) is 5.87. The van der Waals surface area contributed by atoms with Crippen LogP contribution in [-0.2, 0) is 11.3 Å². The molecule has 10 heteroatoms. The van der Waals surface area contributed by atoms with Crippen LogP contribution in [0.5, 0.6) is 11.5 Å². The lowest BCUT2D eigenvalue weighted by Crippen LogP contribution is -2.45. The molecule has 188 valence electrons. The van der Waals surface area contributed by atoms with Gasteiger partial charge in [-0.2, -0.15) is 0 Å². The van der Waals surface area contributed by atoms with Crippen LogP contribution in [0.4, 0.5) is 10.5 Å². The maximum Gasteiger partial charge on any atom is 0.434 e. The van der Waals surface area contributed by atoms with Crippen LogP contribution in [-0.4, -0.2) is 36.2 Å². The van der Waals surface area contributed by atoms with E-state index in [0.717, 1.165) is 16.1 Å². The Bertz CT molecular complexity index is 1320. The highest BCUT2D eigenvalue weighted by molar-refractivity contribution is 7.13. The topological polar surface area (TPSA) is 102 Å². The molecule has 3 aromatic rings. The van der Waals surface area contributed by atoms with Gasteiger partial charge in [-0.25, -0.2) is 14.8 Å². The molecule has 0 atom stereocenters. The smallest absolute Gasteiger partial charge is 0.434 e. The number of hydrazine groups is 1. The SMILES string of the molecule is CCC1=C(c2ccc(OC)c(OC)c2)NN(Cc2ccc(NC(=O)c3sc(C)nc3C)cc2)C(=O)O1. The Kier molecular flexibility index (Phi) is 7.44. The number of allylic oxidation sites excluding steroid dienone is 1. The molecule has 0 fully saturated rings. The summed E-state index contributed by atoms with van der Waals surface area (Å²) in [6.07, 6.45) is 0.0353. The van der Waals surface area contributed by atoms with E-state index in [2.05, 4.69) is 15.7 Å². The summed E-state index contributed by atoms with van der Waals surface area (Å²) in [5.41, 5.74) is 6.90. The Hall–Kier alpha value is -4.05. The lowest BCUT2D eigenvalue weighted by Gasteiger charge is -2.31. The number of rotatable bonds is 8. The fourth-order valence-corrected chi connectivity index (χ4v) is 4.65. The first-order valence-corrected chi connectivity index (χ1v) is 12.2. The Morgan fingerprint density at radius 1 is 1.11 bits per heavy atom. The minimum absolute atomic E-state index is 0.191. The third-order valence-electron chi connectivity index (χ3n) is 5.61. The Morgan fingerprint density at radius 2 is 1.83 bits per heavy atom. The predicted molar refractivity (Wildman–Crippen MR) is 138 cm³/mol. The number of hydrogen-bond acceptors (Lipinski definition) is 8. The van der Waals surface area contributed by atoms with Gasteiger partial charge in [0.15, 0.2) is 11.5 Å². The number of nitrogens with zero attached hydrogens (tertiary/aromatic N) is 2. The summed E-state index contributed by atoms with van der Waals surface area (Å²) in [6, 6.07) is 12.8. The monoisotopic (exact) mass is 508 g/mol. The maximum atomic E-state index is 12.7. The second kappa shape index (κ2) is 10.7. The number of amides is 2. The van der Waals surface area contributed by atoms with Crippen LogP contribution < -0.4 is 20.2 Å². The summed E-state index contributed by atoms with van der Waals surface area (Å²) in [5, 5.41) is 5.15. The molecular formula is C26H28N4O5S. The van der Waals surface area contributed by atoms with Crippen LogP contribution in [0.3, 0.4) is 0 Å². The predicted octanol–water partition coefficient (Wildman–Crippen LogP) is 5.27. The molecule has 9 nitrogen and oxygen atoms in total. The molecule has 0 unspecified atom stereocenters. The number of aromatic nitrogens is 1.